The van der Waals surface area contributed by atoms with Crippen molar-refractivity contribution in [3.8, 4) is 0 Å². The Morgan fingerprint density at radius 1 is 1.25 bits per heavy atom. The summed E-state index contributed by atoms with van der Waals surface area (Å²) in [5.41, 5.74) is 0.885. The Kier molecular flexibility index (Phi) is 5.35. The molecule has 106 valence electrons. The third-order valence-electron chi connectivity index (χ3n) is 3.10. The van der Waals surface area contributed by atoms with Crippen LogP contribution in [0.4, 0.5) is 0 Å². The van der Waals surface area contributed by atoms with Gasteiger partial charge in [0, 0.05) is 23.6 Å². The Balaban J connectivity index is 1.80. The fraction of sp³-hybridized carbons (Fsp3) is 0.333. The molecular formula is C15H16BrNO3. The number of rotatable bonds is 4. The number of carbonyl (C=O) groups is 2. The number of hydrogen-bond acceptors (Lipinski definition) is 3. The topological polar surface area (TPSA) is 46.6 Å². The quantitative estimate of drug-likeness (QED) is 0.626. The van der Waals surface area contributed by atoms with Crippen molar-refractivity contribution >= 4 is 33.9 Å². The van der Waals surface area contributed by atoms with Gasteiger partial charge in [0.1, 0.15) is 0 Å². The van der Waals surface area contributed by atoms with E-state index in [1.165, 1.54) is 6.08 Å². The van der Waals surface area contributed by atoms with Crippen LogP contribution in [0.2, 0.25) is 0 Å². The minimum Gasteiger partial charge on any atom is -0.452 e. The molecule has 4 nitrogen and oxygen atoms in total. The van der Waals surface area contributed by atoms with Crippen LogP contribution in [0.15, 0.2) is 34.8 Å². The molecule has 2 rings (SSSR count). The van der Waals surface area contributed by atoms with Crippen molar-refractivity contribution in [2.24, 2.45) is 0 Å². The van der Waals surface area contributed by atoms with E-state index in [1.54, 1.807) is 11.0 Å². The van der Waals surface area contributed by atoms with Gasteiger partial charge in [-0.1, -0.05) is 34.1 Å². The maximum atomic E-state index is 11.7. The van der Waals surface area contributed by atoms with Crippen molar-refractivity contribution in [3.05, 3.63) is 40.4 Å². The van der Waals surface area contributed by atoms with E-state index in [2.05, 4.69) is 15.9 Å². The summed E-state index contributed by atoms with van der Waals surface area (Å²) in [6.45, 7) is 1.35. The first-order chi connectivity index (χ1) is 9.66. The normalized spacial score (nSPS) is 14.8. The summed E-state index contributed by atoms with van der Waals surface area (Å²) >= 11 is 3.39. The highest BCUT2D eigenvalue weighted by molar-refractivity contribution is 9.10. The predicted molar refractivity (Wildman–Crippen MR) is 79.9 cm³/mol. The van der Waals surface area contributed by atoms with E-state index in [-0.39, 0.29) is 12.5 Å². The molecule has 0 unspecified atom stereocenters. The molecule has 1 aromatic carbocycles. The zero-order valence-electron chi connectivity index (χ0n) is 11.0. The van der Waals surface area contributed by atoms with Crippen molar-refractivity contribution in [1.82, 2.24) is 4.90 Å². The van der Waals surface area contributed by atoms with Crippen LogP contribution in [0.5, 0.6) is 0 Å². The third-order valence-corrected chi connectivity index (χ3v) is 3.82. The molecule has 5 heteroatoms. The van der Waals surface area contributed by atoms with Crippen LogP contribution in [0, 0.1) is 0 Å². The fourth-order valence-corrected chi connectivity index (χ4v) is 2.42. The van der Waals surface area contributed by atoms with Crippen molar-refractivity contribution in [2.75, 3.05) is 19.7 Å². The number of carbonyl (C=O) groups excluding carboxylic acids is 2. The fourth-order valence-electron chi connectivity index (χ4n) is 2.01. The molecule has 0 saturated carbocycles. The Bertz CT molecular complexity index is 522. The van der Waals surface area contributed by atoms with Gasteiger partial charge in [0.2, 0.25) is 0 Å². The van der Waals surface area contributed by atoms with Crippen molar-refractivity contribution in [2.45, 2.75) is 12.8 Å². The highest BCUT2D eigenvalue weighted by Crippen LogP contribution is 2.17. The van der Waals surface area contributed by atoms with Gasteiger partial charge in [-0.15, -0.1) is 0 Å². The number of benzene rings is 1. The van der Waals surface area contributed by atoms with E-state index >= 15 is 0 Å². The largest absolute Gasteiger partial charge is 0.452 e. The molecule has 20 heavy (non-hydrogen) atoms. The smallest absolute Gasteiger partial charge is 0.331 e. The molecule has 0 N–H and O–H groups in total. The summed E-state index contributed by atoms with van der Waals surface area (Å²) in [4.78, 5) is 25.0. The van der Waals surface area contributed by atoms with E-state index in [0.29, 0.717) is 0 Å². The van der Waals surface area contributed by atoms with E-state index in [0.717, 1.165) is 36.0 Å². The number of nitrogens with zero attached hydrogens (tertiary/aromatic N) is 1. The summed E-state index contributed by atoms with van der Waals surface area (Å²) < 4.78 is 5.85. The first-order valence-corrected chi connectivity index (χ1v) is 7.33. The molecule has 0 spiro atoms. The summed E-state index contributed by atoms with van der Waals surface area (Å²) in [7, 11) is 0. The standard InChI is InChI=1S/C15H16BrNO3/c16-13-6-2-1-5-12(13)7-8-15(19)20-11-14(18)17-9-3-4-10-17/h1-2,5-8H,3-4,9-11H2. The first kappa shape index (κ1) is 14.8. The van der Waals surface area contributed by atoms with Crippen LogP contribution in [0.25, 0.3) is 6.08 Å². The van der Waals surface area contributed by atoms with E-state index in [4.69, 9.17) is 4.74 Å². The van der Waals surface area contributed by atoms with Gasteiger partial charge >= 0.3 is 5.97 Å². The minimum absolute atomic E-state index is 0.120. The predicted octanol–water partition coefficient (Wildman–Crippen LogP) is 2.63. The highest BCUT2D eigenvalue weighted by atomic mass is 79.9. The zero-order chi connectivity index (χ0) is 14.4. The lowest BCUT2D eigenvalue weighted by Crippen LogP contribution is -2.31. The molecule has 1 aromatic rings. The summed E-state index contributed by atoms with van der Waals surface area (Å²) in [5.74, 6) is -0.626. The number of amides is 1. The Morgan fingerprint density at radius 2 is 1.95 bits per heavy atom. The van der Waals surface area contributed by atoms with Crippen LogP contribution in [-0.4, -0.2) is 36.5 Å². The first-order valence-electron chi connectivity index (χ1n) is 6.54. The molecular weight excluding hydrogens is 322 g/mol. The number of halogens is 1. The SMILES string of the molecule is O=C(C=Cc1ccccc1Br)OCC(=O)N1CCCC1. The number of ether oxygens (including phenoxy) is 1. The van der Waals surface area contributed by atoms with E-state index < -0.39 is 5.97 Å². The van der Waals surface area contributed by atoms with Gasteiger partial charge in [-0.25, -0.2) is 4.79 Å². The molecule has 0 radical (unpaired) electrons. The molecule has 1 amide bonds. The third kappa shape index (κ3) is 4.20. The Morgan fingerprint density at radius 3 is 2.65 bits per heavy atom. The summed E-state index contributed by atoms with van der Waals surface area (Å²) in [6, 6.07) is 7.55. The monoisotopic (exact) mass is 337 g/mol. The second kappa shape index (κ2) is 7.24. The van der Waals surface area contributed by atoms with E-state index in [9.17, 15) is 9.59 Å². The average Bonchev–Trinajstić information content (AvgIpc) is 2.98. The van der Waals surface area contributed by atoms with Crippen molar-refractivity contribution in [3.63, 3.8) is 0 Å². The minimum atomic E-state index is -0.506. The van der Waals surface area contributed by atoms with Gasteiger partial charge in [-0.2, -0.15) is 0 Å². The van der Waals surface area contributed by atoms with Gasteiger partial charge in [0.05, 0.1) is 0 Å². The van der Waals surface area contributed by atoms with Crippen LogP contribution in [-0.2, 0) is 14.3 Å². The van der Waals surface area contributed by atoms with Gasteiger partial charge in [-0.05, 0) is 30.5 Å². The molecule has 1 heterocycles. The molecule has 0 bridgehead atoms. The molecule has 0 atom stereocenters. The second-order valence-corrected chi connectivity index (χ2v) is 5.40. The molecule has 0 aromatic heterocycles. The number of esters is 1. The van der Waals surface area contributed by atoms with Crippen LogP contribution < -0.4 is 0 Å². The Hall–Kier alpha value is -1.62. The number of hydrogen-bond donors (Lipinski definition) is 0. The summed E-state index contributed by atoms with van der Waals surface area (Å²) in [5, 5.41) is 0. The van der Waals surface area contributed by atoms with Crippen molar-refractivity contribution < 1.29 is 14.3 Å². The molecule has 1 fully saturated rings. The van der Waals surface area contributed by atoms with Gasteiger partial charge < -0.3 is 9.64 Å². The van der Waals surface area contributed by atoms with Crippen LogP contribution in [0.1, 0.15) is 18.4 Å². The maximum Gasteiger partial charge on any atom is 0.331 e. The average molecular weight is 338 g/mol. The van der Waals surface area contributed by atoms with Gasteiger partial charge in [0.25, 0.3) is 5.91 Å². The molecule has 1 aliphatic rings. The molecule has 1 saturated heterocycles. The molecule has 1 aliphatic heterocycles. The zero-order valence-corrected chi connectivity index (χ0v) is 12.6. The van der Waals surface area contributed by atoms with Gasteiger partial charge in [0.15, 0.2) is 6.61 Å². The lowest BCUT2D eigenvalue weighted by atomic mass is 10.2. The highest BCUT2D eigenvalue weighted by Gasteiger charge is 2.18. The van der Waals surface area contributed by atoms with Crippen molar-refractivity contribution in [1.29, 1.82) is 0 Å². The molecule has 0 aliphatic carbocycles. The maximum absolute atomic E-state index is 11.7. The lowest BCUT2D eigenvalue weighted by molar-refractivity contribution is -0.147. The second-order valence-electron chi connectivity index (χ2n) is 4.55. The van der Waals surface area contributed by atoms with E-state index in [1.807, 2.05) is 24.3 Å². The summed E-state index contributed by atoms with van der Waals surface area (Å²) in [6.07, 6.45) is 5.05. The van der Waals surface area contributed by atoms with Crippen LogP contribution in [0.3, 0.4) is 0 Å². The number of likely N-dealkylation sites (tertiary alicyclic amines) is 1. The van der Waals surface area contributed by atoms with Crippen LogP contribution >= 0.6 is 15.9 Å². The van der Waals surface area contributed by atoms with Gasteiger partial charge in [-0.3, -0.25) is 4.79 Å². The Labute approximate surface area is 126 Å². The lowest BCUT2D eigenvalue weighted by Gasteiger charge is -2.14.